The van der Waals surface area contributed by atoms with E-state index in [2.05, 4.69) is 184 Å². The molecular formula is C54H43N. The van der Waals surface area contributed by atoms with Gasteiger partial charge in [-0.05, 0) is 129 Å². The highest BCUT2D eigenvalue weighted by atomic mass is 15.0. The number of para-hydroxylation sites is 2. The molecule has 1 heterocycles. The highest BCUT2D eigenvalue weighted by Gasteiger charge is 2.17. The van der Waals surface area contributed by atoms with Crippen LogP contribution in [0.25, 0.3) is 87.6 Å². The standard InChI is InChI=1S/C42H29N.C12H14/c1-26-14-19-32(27(2)24-26)34-21-16-29-17-22-37-33(20-15-28-18-23-38(34)42(29)41(28)37)30-8-7-9-31(25-30)43-39-12-5-3-10-35(39)36-11-4-6-13-40(36)43;1-4-7-10(2)12-9-6-5-8-11(12)3/h3-25H,1-2H3;4-9H,2H2,1,3H3/b;7-4-. The number of hydrogen-bond donors (Lipinski definition) is 0. The monoisotopic (exact) mass is 705 g/mol. The van der Waals surface area contributed by atoms with E-state index in [1.807, 2.05) is 31.2 Å². The van der Waals surface area contributed by atoms with Crippen molar-refractivity contribution >= 4 is 59.7 Å². The van der Waals surface area contributed by atoms with E-state index in [0.717, 1.165) is 5.57 Å². The van der Waals surface area contributed by atoms with Gasteiger partial charge in [-0.3, -0.25) is 0 Å². The van der Waals surface area contributed by atoms with Gasteiger partial charge in [-0.2, -0.15) is 0 Å². The third-order valence-corrected chi connectivity index (χ3v) is 11.2. The fraction of sp³-hybridized carbons (Fsp3) is 0.0741. The average Bonchev–Trinajstić information content (AvgIpc) is 3.55. The van der Waals surface area contributed by atoms with Gasteiger partial charge in [-0.25, -0.2) is 0 Å². The summed E-state index contributed by atoms with van der Waals surface area (Å²) < 4.78 is 2.40. The first kappa shape index (κ1) is 34.1. The number of nitrogens with zero attached hydrogens (tertiary/aromatic N) is 1. The molecular weight excluding hydrogens is 663 g/mol. The fourth-order valence-corrected chi connectivity index (χ4v) is 8.64. The van der Waals surface area contributed by atoms with Gasteiger partial charge in [0, 0.05) is 16.5 Å². The molecule has 10 rings (SSSR count). The Bertz CT molecular complexity index is 3040. The van der Waals surface area contributed by atoms with Crippen molar-refractivity contribution in [3.05, 3.63) is 205 Å². The molecule has 1 nitrogen and oxygen atoms in total. The molecule has 0 aliphatic carbocycles. The molecule has 9 aromatic carbocycles. The van der Waals surface area contributed by atoms with E-state index in [0.29, 0.717) is 0 Å². The van der Waals surface area contributed by atoms with Gasteiger partial charge < -0.3 is 4.57 Å². The maximum atomic E-state index is 3.99. The van der Waals surface area contributed by atoms with Crippen LogP contribution in [0.3, 0.4) is 0 Å². The molecule has 1 heteroatoms. The Morgan fingerprint density at radius 2 is 1.07 bits per heavy atom. The summed E-state index contributed by atoms with van der Waals surface area (Å²) in [5, 5.41) is 10.5. The number of hydrogen-bond acceptors (Lipinski definition) is 0. The van der Waals surface area contributed by atoms with Crippen LogP contribution in [0.5, 0.6) is 0 Å². The molecule has 0 N–H and O–H groups in total. The fourth-order valence-electron chi connectivity index (χ4n) is 8.64. The summed E-state index contributed by atoms with van der Waals surface area (Å²) in [6.45, 7) is 12.5. The van der Waals surface area contributed by atoms with Crippen LogP contribution in [0.1, 0.15) is 29.2 Å². The Labute approximate surface area is 323 Å². The molecule has 1 aromatic heterocycles. The molecule has 0 fully saturated rings. The summed E-state index contributed by atoms with van der Waals surface area (Å²) in [5.41, 5.74) is 15.0. The lowest BCUT2D eigenvalue weighted by atomic mass is 9.86. The van der Waals surface area contributed by atoms with Crippen LogP contribution >= 0.6 is 0 Å². The zero-order valence-corrected chi connectivity index (χ0v) is 31.9. The van der Waals surface area contributed by atoms with E-state index in [1.165, 1.54) is 104 Å². The molecule has 55 heavy (non-hydrogen) atoms. The lowest BCUT2D eigenvalue weighted by Gasteiger charge is -2.18. The van der Waals surface area contributed by atoms with E-state index in [1.54, 1.807) is 0 Å². The number of aryl methyl sites for hydroxylation is 3. The number of benzene rings is 9. The second-order valence-electron chi connectivity index (χ2n) is 14.7. The van der Waals surface area contributed by atoms with Crippen LogP contribution in [0.2, 0.25) is 0 Å². The smallest absolute Gasteiger partial charge is 0.0541 e. The van der Waals surface area contributed by atoms with E-state index in [4.69, 9.17) is 0 Å². The summed E-state index contributed by atoms with van der Waals surface area (Å²) >= 11 is 0. The maximum absolute atomic E-state index is 3.99. The number of fused-ring (bicyclic) bond motifs is 3. The minimum atomic E-state index is 1.08. The second-order valence-corrected chi connectivity index (χ2v) is 14.7. The second kappa shape index (κ2) is 13.9. The number of rotatable bonds is 5. The lowest BCUT2D eigenvalue weighted by Crippen LogP contribution is -1.94. The number of allylic oxidation sites excluding steroid dienone is 3. The SMILES string of the molecule is C=C(/C=C\C)c1ccccc1C.Cc1ccc(-c2ccc3ccc4c(-c5cccc(-n6c7ccccc7c7ccccc76)c5)ccc5ccc2c3c54)c(C)c1. The van der Waals surface area contributed by atoms with Gasteiger partial charge in [-0.15, -0.1) is 0 Å². The van der Waals surface area contributed by atoms with Crippen molar-refractivity contribution in [2.75, 3.05) is 0 Å². The molecule has 0 aliphatic heterocycles. The quantitative estimate of drug-likeness (QED) is 0.124. The van der Waals surface area contributed by atoms with Gasteiger partial charge in [0.1, 0.15) is 0 Å². The first-order chi connectivity index (χ1) is 26.9. The average molecular weight is 706 g/mol. The van der Waals surface area contributed by atoms with Crippen LogP contribution in [0.4, 0.5) is 0 Å². The lowest BCUT2D eigenvalue weighted by molar-refractivity contribution is 1.18. The molecule has 0 bridgehead atoms. The molecule has 0 aliphatic rings. The van der Waals surface area contributed by atoms with E-state index < -0.39 is 0 Å². The van der Waals surface area contributed by atoms with E-state index in [9.17, 15) is 0 Å². The van der Waals surface area contributed by atoms with Crippen molar-refractivity contribution in [1.82, 2.24) is 4.57 Å². The molecule has 264 valence electrons. The molecule has 0 unspecified atom stereocenters. The first-order valence-electron chi connectivity index (χ1n) is 19.2. The Morgan fingerprint density at radius 1 is 0.491 bits per heavy atom. The van der Waals surface area contributed by atoms with E-state index >= 15 is 0 Å². The zero-order valence-electron chi connectivity index (χ0n) is 31.9. The first-order valence-corrected chi connectivity index (χ1v) is 19.2. The molecule has 0 saturated carbocycles. The normalized spacial score (nSPS) is 11.6. The van der Waals surface area contributed by atoms with Crippen molar-refractivity contribution in [2.45, 2.75) is 27.7 Å². The predicted molar refractivity (Wildman–Crippen MR) is 240 cm³/mol. The summed E-state index contributed by atoms with van der Waals surface area (Å²) in [6, 6.07) is 60.0. The van der Waals surface area contributed by atoms with Gasteiger partial charge in [0.15, 0.2) is 0 Å². The molecule has 0 amide bonds. The summed E-state index contributed by atoms with van der Waals surface area (Å²) in [4.78, 5) is 0. The minimum Gasteiger partial charge on any atom is -0.309 e. The Hall–Kier alpha value is -6.70. The van der Waals surface area contributed by atoms with Crippen LogP contribution in [0, 0.1) is 20.8 Å². The molecule has 0 atom stereocenters. The van der Waals surface area contributed by atoms with Gasteiger partial charge in [0.05, 0.1) is 11.0 Å². The topological polar surface area (TPSA) is 4.93 Å². The molecule has 0 radical (unpaired) electrons. The molecule has 0 spiro atoms. The van der Waals surface area contributed by atoms with Crippen LogP contribution in [-0.4, -0.2) is 4.57 Å². The van der Waals surface area contributed by atoms with E-state index in [-0.39, 0.29) is 0 Å². The van der Waals surface area contributed by atoms with Gasteiger partial charge in [-0.1, -0.05) is 164 Å². The van der Waals surface area contributed by atoms with Crippen molar-refractivity contribution < 1.29 is 0 Å². The summed E-state index contributed by atoms with van der Waals surface area (Å²) in [6.07, 6.45) is 4.04. The van der Waals surface area contributed by atoms with Gasteiger partial charge in [0.25, 0.3) is 0 Å². The maximum Gasteiger partial charge on any atom is 0.0541 e. The van der Waals surface area contributed by atoms with Gasteiger partial charge in [0.2, 0.25) is 0 Å². The van der Waals surface area contributed by atoms with Crippen LogP contribution in [-0.2, 0) is 0 Å². The van der Waals surface area contributed by atoms with Crippen molar-refractivity contribution in [2.24, 2.45) is 0 Å². The van der Waals surface area contributed by atoms with Crippen LogP contribution in [0.15, 0.2) is 183 Å². The Kier molecular flexibility index (Phi) is 8.64. The molecule has 10 aromatic rings. The number of aromatic nitrogens is 1. The van der Waals surface area contributed by atoms with Crippen molar-refractivity contribution in [3.63, 3.8) is 0 Å². The summed E-state index contributed by atoms with van der Waals surface area (Å²) in [7, 11) is 0. The van der Waals surface area contributed by atoms with Gasteiger partial charge >= 0.3 is 0 Å². The third-order valence-electron chi connectivity index (χ3n) is 11.2. The highest BCUT2D eigenvalue weighted by Crippen LogP contribution is 2.43. The highest BCUT2D eigenvalue weighted by molar-refractivity contribution is 6.27. The Morgan fingerprint density at radius 3 is 1.73 bits per heavy atom. The Balaban J connectivity index is 0.000000285. The van der Waals surface area contributed by atoms with Crippen molar-refractivity contribution in [3.8, 4) is 27.9 Å². The van der Waals surface area contributed by atoms with Crippen LogP contribution < -0.4 is 0 Å². The summed E-state index contributed by atoms with van der Waals surface area (Å²) in [5.74, 6) is 0. The zero-order chi connectivity index (χ0) is 37.6. The minimum absolute atomic E-state index is 1.08. The third kappa shape index (κ3) is 5.90. The molecule has 0 saturated heterocycles. The largest absolute Gasteiger partial charge is 0.309 e. The predicted octanol–water partition coefficient (Wildman–Crippen LogP) is 15.2. The van der Waals surface area contributed by atoms with Crippen molar-refractivity contribution in [1.29, 1.82) is 0 Å².